The number of hydrogen-bond acceptors (Lipinski definition) is 3. The predicted octanol–water partition coefficient (Wildman–Crippen LogP) is -0.528. The summed E-state index contributed by atoms with van der Waals surface area (Å²) in [6.45, 7) is 0. The van der Waals surface area contributed by atoms with Crippen molar-refractivity contribution in [2.75, 3.05) is 7.11 Å². The van der Waals surface area contributed by atoms with E-state index < -0.39 is 0 Å². The summed E-state index contributed by atoms with van der Waals surface area (Å²) in [6.07, 6.45) is 0.703. The largest absolute Gasteiger partial charge is 0.505 e. The van der Waals surface area contributed by atoms with E-state index in [0.29, 0.717) is 23.1 Å². The summed E-state index contributed by atoms with van der Waals surface area (Å²) >= 11 is 0. The molecule has 0 radical (unpaired) electrons. The van der Waals surface area contributed by atoms with Crippen LogP contribution in [-0.4, -0.2) is 26.3 Å². The highest BCUT2D eigenvalue weighted by atomic mass is 16.5. The molecule has 0 aliphatic carbocycles. The predicted molar refractivity (Wildman–Crippen MR) is 48.2 cm³/mol. The minimum absolute atomic E-state index is 0.0297. The Bertz CT molecular complexity index is 309. The van der Waals surface area contributed by atoms with Gasteiger partial charge in [0.25, 0.3) is 0 Å². The lowest BCUT2D eigenvalue weighted by molar-refractivity contribution is 0.112. The molecular weight excluding hydrogens is 155 g/mol. The fourth-order valence-corrected chi connectivity index (χ4v) is 0.983. The van der Waals surface area contributed by atoms with Gasteiger partial charge < -0.3 is 9.84 Å². The van der Waals surface area contributed by atoms with Crippen molar-refractivity contribution in [2.24, 2.45) is 0 Å². The van der Waals surface area contributed by atoms with E-state index in [1.807, 2.05) is 0 Å². The SMILES string of the molecule is Bc1c(C=O)ccc(OC)c1O. The van der Waals surface area contributed by atoms with Crippen molar-refractivity contribution in [2.45, 2.75) is 0 Å². The number of hydrogen-bond donors (Lipinski definition) is 1. The Kier molecular flexibility index (Phi) is 2.38. The first-order chi connectivity index (χ1) is 5.70. The van der Waals surface area contributed by atoms with E-state index in [4.69, 9.17) is 4.74 Å². The van der Waals surface area contributed by atoms with Gasteiger partial charge in [-0.25, -0.2) is 0 Å². The van der Waals surface area contributed by atoms with Gasteiger partial charge in [0.05, 0.1) is 7.11 Å². The molecule has 0 amide bonds. The molecule has 0 heterocycles. The van der Waals surface area contributed by atoms with Crippen molar-refractivity contribution in [3.8, 4) is 11.5 Å². The highest BCUT2D eigenvalue weighted by molar-refractivity contribution is 6.37. The van der Waals surface area contributed by atoms with E-state index in [1.165, 1.54) is 7.11 Å². The number of carbonyl (C=O) groups is 1. The molecule has 0 aromatic heterocycles. The molecule has 3 nitrogen and oxygen atoms in total. The first-order valence-electron chi connectivity index (χ1n) is 3.52. The molecule has 0 aliphatic heterocycles. The Balaban J connectivity index is 3.29. The molecule has 0 saturated heterocycles. The number of aromatic hydroxyl groups is 1. The van der Waals surface area contributed by atoms with Gasteiger partial charge in [-0.3, -0.25) is 4.79 Å². The third-order valence-electron chi connectivity index (χ3n) is 1.78. The summed E-state index contributed by atoms with van der Waals surface area (Å²) in [6, 6.07) is 3.17. The first kappa shape index (κ1) is 8.65. The lowest BCUT2D eigenvalue weighted by Crippen LogP contribution is -2.10. The Morgan fingerprint density at radius 3 is 2.75 bits per heavy atom. The lowest BCUT2D eigenvalue weighted by atomic mass is 9.89. The van der Waals surface area contributed by atoms with Crippen LogP contribution in [0.1, 0.15) is 10.4 Å². The van der Waals surface area contributed by atoms with Crippen molar-refractivity contribution in [1.29, 1.82) is 0 Å². The summed E-state index contributed by atoms with van der Waals surface area (Å²) in [7, 11) is 3.14. The van der Waals surface area contributed by atoms with Crippen molar-refractivity contribution < 1.29 is 14.6 Å². The second kappa shape index (κ2) is 3.30. The minimum atomic E-state index is 0.0297. The number of phenolic OH excluding ortho intramolecular Hbond substituents is 1. The molecule has 1 N–H and O–H groups in total. The van der Waals surface area contributed by atoms with E-state index in [9.17, 15) is 9.90 Å². The maximum absolute atomic E-state index is 10.4. The number of ether oxygens (including phenoxy) is 1. The fourth-order valence-electron chi connectivity index (χ4n) is 0.983. The highest BCUT2D eigenvalue weighted by Crippen LogP contribution is 2.22. The van der Waals surface area contributed by atoms with Crippen LogP contribution < -0.4 is 10.2 Å². The van der Waals surface area contributed by atoms with Gasteiger partial charge in [0.15, 0.2) is 11.5 Å². The molecule has 1 rings (SSSR count). The van der Waals surface area contributed by atoms with E-state index in [0.717, 1.165) is 0 Å². The Labute approximate surface area is 71.4 Å². The second-order valence-corrected chi connectivity index (χ2v) is 2.45. The highest BCUT2D eigenvalue weighted by Gasteiger charge is 2.07. The zero-order valence-corrected chi connectivity index (χ0v) is 7.00. The first-order valence-corrected chi connectivity index (χ1v) is 3.52. The smallest absolute Gasteiger partial charge is 0.159 e. The normalized spacial score (nSPS) is 9.42. The standard InChI is InChI=1S/C8H9BO3/c1-12-6-3-2-5(4-10)7(9)8(6)11/h2-4,11H,9H2,1H3. The van der Waals surface area contributed by atoms with E-state index in [2.05, 4.69) is 0 Å². The maximum Gasteiger partial charge on any atom is 0.159 e. The van der Waals surface area contributed by atoms with Gasteiger partial charge in [-0.1, -0.05) is 0 Å². The van der Waals surface area contributed by atoms with E-state index in [-0.39, 0.29) is 5.75 Å². The van der Waals surface area contributed by atoms with Crippen molar-refractivity contribution in [3.63, 3.8) is 0 Å². The van der Waals surface area contributed by atoms with Crippen LogP contribution >= 0.6 is 0 Å². The Morgan fingerprint density at radius 2 is 2.25 bits per heavy atom. The zero-order chi connectivity index (χ0) is 9.14. The summed E-state index contributed by atoms with van der Waals surface area (Å²) in [5, 5.41) is 9.43. The monoisotopic (exact) mass is 164 g/mol. The number of carbonyl (C=O) groups excluding carboxylic acids is 1. The van der Waals surface area contributed by atoms with Gasteiger partial charge in [0.1, 0.15) is 14.1 Å². The van der Waals surface area contributed by atoms with Crippen LogP contribution in [0.4, 0.5) is 0 Å². The summed E-state index contributed by atoms with van der Waals surface area (Å²) in [5.74, 6) is 0.417. The number of benzene rings is 1. The molecule has 0 saturated carbocycles. The van der Waals surface area contributed by atoms with E-state index in [1.54, 1.807) is 20.0 Å². The number of rotatable bonds is 2. The molecule has 0 bridgehead atoms. The average molecular weight is 164 g/mol. The molecule has 62 valence electrons. The van der Waals surface area contributed by atoms with Gasteiger partial charge in [0, 0.05) is 5.56 Å². The molecule has 0 aliphatic rings. The Hall–Kier alpha value is -1.45. The third kappa shape index (κ3) is 1.28. The third-order valence-corrected chi connectivity index (χ3v) is 1.78. The van der Waals surface area contributed by atoms with Gasteiger partial charge in [-0.2, -0.15) is 0 Å². The van der Waals surface area contributed by atoms with Crippen molar-refractivity contribution in [3.05, 3.63) is 17.7 Å². The number of methoxy groups -OCH3 is 1. The molecule has 0 atom stereocenters. The zero-order valence-electron chi connectivity index (χ0n) is 7.00. The van der Waals surface area contributed by atoms with E-state index >= 15 is 0 Å². The Morgan fingerprint density at radius 1 is 1.58 bits per heavy atom. The maximum atomic E-state index is 10.4. The number of aldehydes is 1. The summed E-state index contributed by atoms with van der Waals surface area (Å²) < 4.78 is 4.86. The van der Waals surface area contributed by atoms with Gasteiger partial charge in [-0.15, -0.1) is 0 Å². The van der Waals surface area contributed by atoms with Gasteiger partial charge in [-0.05, 0) is 17.6 Å². The van der Waals surface area contributed by atoms with Crippen LogP contribution in [0.25, 0.3) is 0 Å². The molecule has 4 heteroatoms. The molecule has 1 aromatic rings. The van der Waals surface area contributed by atoms with Crippen molar-refractivity contribution >= 4 is 19.6 Å². The van der Waals surface area contributed by atoms with Crippen LogP contribution in [0.5, 0.6) is 11.5 Å². The summed E-state index contributed by atoms with van der Waals surface area (Å²) in [4.78, 5) is 10.4. The van der Waals surface area contributed by atoms with Crippen LogP contribution in [0.15, 0.2) is 12.1 Å². The molecule has 0 unspecified atom stereocenters. The number of phenols is 1. The molecule has 0 fully saturated rings. The summed E-state index contributed by atoms with van der Waals surface area (Å²) in [5.41, 5.74) is 1.03. The quantitative estimate of drug-likeness (QED) is 0.472. The second-order valence-electron chi connectivity index (χ2n) is 2.45. The lowest BCUT2D eigenvalue weighted by Gasteiger charge is -2.06. The van der Waals surface area contributed by atoms with Gasteiger partial charge >= 0.3 is 0 Å². The molecule has 12 heavy (non-hydrogen) atoms. The average Bonchev–Trinajstić information content (AvgIpc) is 2.10. The van der Waals surface area contributed by atoms with Crippen LogP contribution in [0.2, 0.25) is 0 Å². The fraction of sp³-hybridized carbons (Fsp3) is 0.125. The molecular formula is C8H9BO3. The van der Waals surface area contributed by atoms with Crippen LogP contribution in [-0.2, 0) is 0 Å². The van der Waals surface area contributed by atoms with Crippen molar-refractivity contribution in [1.82, 2.24) is 0 Å². The van der Waals surface area contributed by atoms with Crippen LogP contribution in [0, 0.1) is 0 Å². The molecule has 1 aromatic carbocycles. The topological polar surface area (TPSA) is 46.5 Å². The van der Waals surface area contributed by atoms with Crippen LogP contribution in [0.3, 0.4) is 0 Å². The van der Waals surface area contributed by atoms with Gasteiger partial charge in [0.2, 0.25) is 0 Å². The minimum Gasteiger partial charge on any atom is -0.505 e. The molecule has 0 spiro atoms.